The molecule has 3 aromatic rings. The number of anilines is 1. The number of nitrogens with zero attached hydrogens (tertiary/aromatic N) is 3. The number of piperidine rings is 1. The number of hydrogen-bond donors (Lipinski definition) is 2. The summed E-state index contributed by atoms with van der Waals surface area (Å²) in [6.07, 6.45) is 7.56. The number of likely N-dealkylation sites (tertiary alicyclic amines) is 1. The number of benzene rings is 2. The Bertz CT molecular complexity index is 1340. The molecule has 37 heavy (non-hydrogen) atoms. The molecule has 2 amide bonds. The van der Waals surface area contributed by atoms with E-state index in [4.69, 9.17) is 20.3 Å². The summed E-state index contributed by atoms with van der Waals surface area (Å²) in [5.41, 5.74) is 8.65. The number of hydrogen-bond acceptors (Lipinski definition) is 7. The molecule has 2 aromatic carbocycles. The number of ether oxygens (including phenoxy) is 1. The summed E-state index contributed by atoms with van der Waals surface area (Å²) in [7, 11) is 1.56. The van der Waals surface area contributed by atoms with Gasteiger partial charge in [0.1, 0.15) is 5.75 Å². The number of carbonyl (C=O) groups is 2. The third kappa shape index (κ3) is 4.37. The van der Waals surface area contributed by atoms with Crippen LogP contribution in [-0.4, -0.2) is 54.7 Å². The van der Waals surface area contributed by atoms with Crippen LogP contribution in [0.2, 0.25) is 0 Å². The summed E-state index contributed by atoms with van der Waals surface area (Å²) in [6.45, 7) is 1.69. The minimum Gasteiger partial charge on any atom is -0.496 e. The molecule has 2 aliphatic rings. The van der Waals surface area contributed by atoms with Crippen LogP contribution in [0.5, 0.6) is 5.75 Å². The first-order chi connectivity index (χ1) is 18.0. The summed E-state index contributed by atoms with van der Waals surface area (Å²) >= 11 is 0. The van der Waals surface area contributed by atoms with Crippen LogP contribution in [-0.2, 0) is 4.79 Å². The van der Waals surface area contributed by atoms with Crippen molar-refractivity contribution in [2.45, 2.75) is 19.3 Å². The molecule has 2 aliphatic heterocycles. The van der Waals surface area contributed by atoms with Gasteiger partial charge in [0.15, 0.2) is 12.2 Å². The van der Waals surface area contributed by atoms with Crippen LogP contribution in [0, 0.1) is 10.8 Å². The van der Waals surface area contributed by atoms with Crippen molar-refractivity contribution >= 4 is 29.3 Å². The lowest BCUT2D eigenvalue weighted by Gasteiger charge is -2.38. The summed E-state index contributed by atoms with van der Waals surface area (Å²) in [5, 5.41) is 7.56. The van der Waals surface area contributed by atoms with Crippen molar-refractivity contribution in [3.05, 3.63) is 72.4 Å². The van der Waals surface area contributed by atoms with E-state index < -0.39 is 5.41 Å². The molecule has 190 valence electrons. The highest BCUT2D eigenvalue weighted by Crippen LogP contribution is 2.44. The molecule has 0 atom stereocenters. The highest BCUT2D eigenvalue weighted by Gasteiger charge is 2.49. The Hall–Kier alpha value is -4.40. The fourth-order valence-corrected chi connectivity index (χ4v) is 5.29. The number of methoxy groups -OCH3 is 1. The molecule has 1 spiro atoms. The van der Waals surface area contributed by atoms with Crippen LogP contribution < -0.4 is 15.4 Å². The van der Waals surface area contributed by atoms with Gasteiger partial charge in [-0.05, 0) is 43.5 Å². The Morgan fingerprint density at radius 1 is 1.14 bits per heavy atom. The van der Waals surface area contributed by atoms with Crippen molar-refractivity contribution in [1.82, 2.24) is 9.88 Å². The van der Waals surface area contributed by atoms with Crippen LogP contribution in [0.25, 0.3) is 16.9 Å². The topological polar surface area (TPSA) is 126 Å². The Morgan fingerprint density at radius 3 is 2.49 bits per heavy atom. The first-order valence-corrected chi connectivity index (χ1v) is 12.2. The molecule has 9 heteroatoms. The molecule has 9 nitrogen and oxygen atoms in total. The van der Waals surface area contributed by atoms with E-state index in [9.17, 15) is 9.59 Å². The van der Waals surface area contributed by atoms with Gasteiger partial charge in [-0.1, -0.05) is 12.1 Å². The SMILES string of the molecule is COc1cc(N2CCC3(CCN(C(=O)c4ccc(-c5cnco5)cc4)CC3)C2=O)ccc1/C(C=N)=C/N. The molecular formula is C28H29N5O4. The Labute approximate surface area is 215 Å². The van der Waals surface area contributed by atoms with Crippen molar-refractivity contribution < 1.29 is 18.7 Å². The molecule has 3 N–H and O–H groups in total. The first kappa shape index (κ1) is 24.3. The van der Waals surface area contributed by atoms with Crippen molar-refractivity contribution in [3.63, 3.8) is 0 Å². The Kier molecular flexibility index (Phi) is 6.52. The molecule has 2 fully saturated rings. The number of nitrogens with two attached hydrogens (primary N) is 1. The van der Waals surface area contributed by atoms with Gasteiger partial charge in [-0.25, -0.2) is 4.98 Å². The minimum atomic E-state index is -0.462. The second-order valence-electron chi connectivity index (χ2n) is 9.37. The summed E-state index contributed by atoms with van der Waals surface area (Å²) in [4.78, 5) is 34.3. The highest BCUT2D eigenvalue weighted by molar-refractivity contribution is 6.09. The van der Waals surface area contributed by atoms with Gasteiger partial charge in [0.2, 0.25) is 5.91 Å². The lowest BCUT2D eigenvalue weighted by Crippen LogP contribution is -2.46. The van der Waals surface area contributed by atoms with Crippen LogP contribution in [0.3, 0.4) is 0 Å². The van der Waals surface area contributed by atoms with E-state index >= 15 is 0 Å². The molecule has 0 saturated carbocycles. The summed E-state index contributed by atoms with van der Waals surface area (Å²) in [6, 6.07) is 12.8. The predicted octanol–water partition coefficient (Wildman–Crippen LogP) is 3.96. The molecular weight excluding hydrogens is 470 g/mol. The van der Waals surface area contributed by atoms with E-state index in [1.54, 1.807) is 25.4 Å². The minimum absolute atomic E-state index is 0.0310. The fraction of sp³-hybridized carbons (Fsp3) is 0.286. The van der Waals surface area contributed by atoms with E-state index in [0.717, 1.165) is 17.7 Å². The van der Waals surface area contributed by atoms with Crippen molar-refractivity contribution in [2.24, 2.45) is 11.1 Å². The van der Waals surface area contributed by atoms with Crippen LogP contribution in [0.1, 0.15) is 35.2 Å². The van der Waals surface area contributed by atoms with Crippen molar-refractivity contribution in [2.75, 3.05) is 31.6 Å². The molecule has 0 aliphatic carbocycles. The van der Waals surface area contributed by atoms with E-state index in [-0.39, 0.29) is 11.8 Å². The smallest absolute Gasteiger partial charge is 0.253 e. The Morgan fingerprint density at radius 2 is 1.86 bits per heavy atom. The van der Waals surface area contributed by atoms with Gasteiger partial charge < -0.3 is 30.1 Å². The van der Waals surface area contributed by atoms with E-state index in [1.807, 2.05) is 40.1 Å². The number of carbonyl (C=O) groups excluding carboxylic acids is 2. The van der Waals surface area contributed by atoms with Crippen LogP contribution in [0.15, 0.2) is 65.7 Å². The maximum absolute atomic E-state index is 13.6. The lowest BCUT2D eigenvalue weighted by atomic mass is 9.77. The van der Waals surface area contributed by atoms with Gasteiger partial charge in [0, 0.05) is 66.1 Å². The van der Waals surface area contributed by atoms with Gasteiger partial charge >= 0.3 is 0 Å². The van der Waals surface area contributed by atoms with E-state index in [0.29, 0.717) is 60.7 Å². The quantitative estimate of drug-likeness (QED) is 0.495. The standard InChI is InChI=1S/C28H29N5O4/c1-36-24-14-22(6-7-23(24)21(15-29)16-30)33-13-10-28(27(33)35)8-11-32(12-9-28)26(34)20-4-2-19(3-5-20)25-17-31-18-37-25/h2-7,14-18,29H,8-13,30H2,1H3/b21-16+,29-15?. The molecule has 2 saturated heterocycles. The normalized spacial score (nSPS) is 17.3. The van der Waals surface area contributed by atoms with Gasteiger partial charge in [-0.15, -0.1) is 0 Å². The number of amides is 2. The first-order valence-electron chi connectivity index (χ1n) is 12.2. The zero-order chi connectivity index (χ0) is 26.0. The summed E-state index contributed by atoms with van der Waals surface area (Å²) in [5.74, 6) is 1.27. The second kappa shape index (κ2) is 9.93. The van der Waals surface area contributed by atoms with Gasteiger partial charge in [0.05, 0.1) is 18.7 Å². The van der Waals surface area contributed by atoms with Gasteiger partial charge in [-0.2, -0.15) is 0 Å². The molecule has 0 radical (unpaired) electrons. The zero-order valence-electron chi connectivity index (χ0n) is 20.6. The van der Waals surface area contributed by atoms with Gasteiger partial charge in [0.25, 0.3) is 5.91 Å². The fourth-order valence-electron chi connectivity index (χ4n) is 5.29. The zero-order valence-corrected chi connectivity index (χ0v) is 20.6. The molecule has 0 unspecified atom stereocenters. The summed E-state index contributed by atoms with van der Waals surface area (Å²) < 4.78 is 10.8. The number of aromatic nitrogens is 1. The monoisotopic (exact) mass is 499 g/mol. The third-order valence-electron chi connectivity index (χ3n) is 7.51. The largest absolute Gasteiger partial charge is 0.496 e. The number of oxazole rings is 1. The molecule has 1 aromatic heterocycles. The molecule has 0 bridgehead atoms. The van der Waals surface area contributed by atoms with Gasteiger partial charge in [-0.3, -0.25) is 9.59 Å². The average Bonchev–Trinajstić information content (AvgIpc) is 3.59. The van der Waals surface area contributed by atoms with E-state index in [1.165, 1.54) is 18.8 Å². The van der Waals surface area contributed by atoms with Crippen LogP contribution >= 0.6 is 0 Å². The molecule has 3 heterocycles. The maximum Gasteiger partial charge on any atom is 0.253 e. The second-order valence-corrected chi connectivity index (χ2v) is 9.37. The number of nitrogens with one attached hydrogen (secondary N) is 1. The lowest BCUT2D eigenvalue weighted by molar-refractivity contribution is -0.127. The number of allylic oxidation sites excluding steroid dienone is 1. The molecule has 5 rings (SSSR count). The van der Waals surface area contributed by atoms with Crippen molar-refractivity contribution in [3.8, 4) is 17.1 Å². The highest BCUT2D eigenvalue weighted by atomic mass is 16.5. The van der Waals surface area contributed by atoms with E-state index in [2.05, 4.69) is 4.98 Å². The predicted molar refractivity (Wildman–Crippen MR) is 140 cm³/mol. The number of rotatable bonds is 6. The maximum atomic E-state index is 13.6. The third-order valence-corrected chi connectivity index (χ3v) is 7.51. The Balaban J connectivity index is 1.26. The average molecular weight is 500 g/mol. The van der Waals surface area contributed by atoms with Crippen molar-refractivity contribution in [1.29, 1.82) is 5.41 Å². The van der Waals surface area contributed by atoms with Crippen LogP contribution in [0.4, 0.5) is 5.69 Å².